The number of thiophene rings is 1. The van der Waals surface area contributed by atoms with Crippen LogP contribution in [0.15, 0.2) is 41.8 Å². The van der Waals surface area contributed by atoms with E-state index in [4.69, 9.17) is 0 Å². The molecule has 0 radical (unpaired) electrons. The Morgan fingerprint density at radius 2 is 1.65 bits per heavy atom. The number of rotatable bonds is 5. The first kappa shape index (κ1) is 21.0. The van der Waals surface area contributed by atoms with Crippen LogP contribution in [0.4, 0.5) is 5.69 Å². The summed E-state index contributed by atoms with van der Waals surface area (Å²) >= 11 is 1.41. The summed E-state index contributed by atoms with van der Waals surface area (Å²) in [7, 11) is 0. The normalized spacial score (nSPS) is 16.5. The van der Waals surface area contributed by atoms with Crippen molar-refractivity contribution >= 4 is 40.7 Å². The molecule has 2 aliphatic rings. The van der Waals surface area contributed by atoms with Crippen LogP contribution in [-0.4, -0.2) is 72.7 Å². The molecule has 0 bridgehead atoms. The van der Waals surface area contributed by atoms with Crippen molar-refractivity contribution in [1.29, 1.82) is 0 Å². The largest absolute Gasteiger partial charge is 0.343 e. The maximum atomic E-state index is 12.5. The van der Waals surface area contributed by atoms with Gasteiger partial charge in [0.1, 0.15) is 0 Å². The van der Waals surface area contributed by atoms with Gasteiger partial charge in [-0.15, -0.1) is 11.3 Å². The molecule has 31 heavy (non-hydrogen) atoms. The summed E-state index contributed by atoms with van der Waals surface area (Å²) in [6.45, 7) is 2.46. The fraction of sp³-hybridized carbons (Fsp3) is 0.364. The van der Waals surface area contributed by atoms with E-state index < -0.39 is 0 Å². The lowest BCUT2D eigenvalue weighted by Gasteiger charge is -2.34. The fourth-order valence-corrected chi connectivity index (χ4v) is 4.49. The molecule has 2 aliphatic heterocycles. The van der Waals surface area contributed by atoms with Crippen molar-refractivity contribution in [3.63, 3.8) is 0 Å². The second-order valence-electron chi connectivity index (χ2n) is 7.53. The van der Waals surface area contributed by atoms with Gasteiger partial charge in [0.25, 0.3) is 11.8 Å². The SMILES string of the molecule is O=C(NCC(=O)N1CCN(C(=O)c2cccs2)CC1)c1ccc(N2CCCC2=O)cc1. The summed E-state index contributed by atoms with van der Waals surface area (Å²) in [6, 6.07) is 10.5. The molecule has 2 saturated heterocycles. The third kappa shape index (κ3) is 4.77. The highest BCUT2D eigenvalue weighted by atomic mass is 32.1. The molecule has 2 fully saturated rings. The third-order valence-electron chi connectivity index (χ3n) is 5.57. The molecule has 1 aromatic heterocycles. The van der Waals surface area contributed by atoms with Crippen LogP contribution in [-0.2, 0) is 9.59 Å². The van der Waals surface area contributed by atoms with E-state index >= 15 is 0 Å². The lowest BCUT2D eigenvalue weighted by Crippen LogP contribution is -2.52. The van der Waals surface area contributed by atoms with Gasteiger partial charge < -0.3 is 20.0 Å². The van der Waals surface area contributed by atoms with E-state index in [1.807, 2.05) is 11.4 Å². The van der Waals surface area contributed by atoms with Gasteiger partial charge in [0.15, 0.2) is 0 Å². The topological polar surface area (TPSA) is 90.0 Å². The van der Waals surface area contributed by atoms with E-state index in [9.17, 15) is 19.2 Å². The van der Waals surface area contributed by atoms with Gasteiger partial charge in [-0.3, -0.25) is 19.2 Å². The van der Waals surface area contributed by atoms with Crippen LogP contribution in [0.3, 0.4) is 0 Å². The van der Waals surface area contributed by atoms with E-state index in [0.717, 1.165) is 12.1 Å². The van der Waals surface area contributed by atoms with E-state index in [1.54, 1.807) is 45.0 Å². The molecule has 3 heterocycles. The van der Waals surface area contributed by atoms with Gasteiger partial charge in [-0.05, 0) is 42.1 Å². The first-order valence-electron chi connectivity index (χ1n) is 10.3. The molecule has 162 valence electrons. The highest BCUT2D eigenvalue weighted by molar-refractivity contribution is 7.12. The molecular weight excluding hydrogens is 416 g/mol. The molecule has 9 heteroatoms. The number of nitrogens with zero attached hydrogens (tertiary/aromatic N) is 3. The van der Waals surface area contributed by atoms with Crippen molar-refractivity contribution in [1.82, 2.24) is 15.1 Å². The summed E-state index contributed by atoms with van der Waals surface area (Å²) in [5, 5.41) is 4.53. The fourth-order valence-electron chi connectivity index (χ4n) is 3.80. The zero-order valence-corrected chi connectivity index (χ0v) is 17.9. The van der Waals surface area contributed by atoms with Crippen molar-refractivity contribution in [3.8, 4) is 0 Å². The number of hydrogen-bond donors (Lipinski definition) is 1. The summed E-state index contributed by atoms with van der Waals surface area (Å²) < 4.78 is 0. The summed E-state index contributed by atoms with van der Waals surface area (Å²) in [5.74, 6) is -0.413. The van der Waals surface area contributed by atoms with Crippen molar-refractivity contribution in [2.24, 2.45) is 0 Å². The Morgan fingerprint density at radius 1 is 0.935 bits per heavy atom. The van der Waals surface area contributed by atoms with E-state index in [2.05, 4.69) is 5.32 Å². The molecule has 0 atom stereocenters. The summed E-state index contributed by atoms with van der Waals surface area (Å²) in [6.07, 6.45) is 1.40. The maximum Gasteiger partial charge on any atom is 0.264 e. The van der Waals surface area contributed by atoms with Crippen LogP contribution in [0.2, 0.25) is 0 Å². The van der Waals surface area contributed by atoms with E-state index in [-0.39, 0.29) is 30.2 Å². The van der Waals surface area contributed by atoms with Gasteiger partial charge in [0, 0.05) is 50.4 Å². The van der Waals surface area contributed by atoms with Gasteiger partial charge in [-0.25, -0.2) is 0 Å². The Hall–Kier alpha value is -3.20. The van der Waals surface area contributed by atoms with Crippen molar-refractivity contribution < 1.29 is 19.2 Å². The Bertz CT molecular complexity index is 966. The first-order valence-corrected chi connectivity index (χ1v) is 11.2. The Kier molecular flexibility index (Phi) is 6.31. The van der Waals surface area contributed by atoms with Crippen LogP contribution in [0, 0.1) is 0 Å². The molecule has 1 aromatic carbocycles. The number of piperazine rings is 1. The van der Waals surface area contributed by atoms with Crippen LogP contribution >= 0.6 is 11.3 Å². The molecule has 0 unspecified atom stereocenters. The maximum absolute atomic E-state index is 12.5. The predicted molar refractivity (Wildman–Crippen MR) is 117 cm³/mol. The zero-order valence-electron chi connectivity index (χ0n) is 17.1. The molecule has 0 spiro atoms. The van der Waals surface area contributed by atoms with Crippen molar-refractivity contribution in [2.75, 3.05) is 44.2 Å². The van der Waals surface area contributed by atoms with E-state index in [1.165, 1.54) is 11.3 Å². The average molecular weight is 441 g/mol. The minimum Gasteiger partial charge on any atom is -0.343 e. The Balaban J connectivity index is 1.24. The minimum atomic E-state index is -0.334. The van der Waals surface area contributed by atoms with Gasteiger partial charge in [0.05, 0.1) is 11.4 Å². The predicted octanol–water partition coefficient (Wildman–Crippen LogP) is 1.59. The van der Waals surface area contributed by atoms with Gasteiger partial charge in [-0.2, -0.15) is 0 Å². The smallest absolute Gasteiger partial charge is 0.264 e. The third-order valence-corrected chi connectivity index (χ3v) is 6.42. The highest BCUT2D eigenvalue weighted by Gasteiger charge is 2.25. The lowest BCUT2D eigenvalue weighted by atomic mass is 10.2. The molecule has 4 rings (SSSR count). The van der Waals surface area contributed by atoms with Crippen LogP contribution in [0.1, 0.15) is 32.9 Å². The molecule has 1 N–H and O–H groups in total. The molecule has 0 aliphatic carbocycles. The summed E-state index contributed by atoms with van der Waals surface area (Å²) in [4.78, 5) is 54.9. The van der Waals surface area contributed by atoms with E-state index in [0.29, 0.717) is 49.6 Å². The Morgan fingerprint density at radius 3 is 2.26 bits per heavy atom. The average Bonchev–Trinajstić information content (AvgIpc) is 3.49. The Labute approximate surface area is 184 Å². The highest BCUT2D eigenvalue weighted by Crippen LogP contribution is 2.21. The minimum absolute atomic E-state index is 0.00511. The molecule has 8 nitrogen and oxygen atoms in total. The molecule has 4 amide bonds. The van der Waals surface area contributed by atoms with Crippen molar-refractivity contribution in [3.05, 3.63) is 52.2 Å². The van der Waals surface area contributed by atoms with Crippen LogP contribution in [0.5, 0.6) is 0 Å². The first-order chi connectivity index (χ1) is 15.0. The quantitative estimate of drug-likeness (QED) is 0.765. The number of benzene rings is 1. The zero-order chi connectivity index (χ0) is 21.8. The number of carbonyl (C=O) groups is 4. The van der Waals surface area contributed by atoms with Gasteiger partial charge in [0.2, 0.25) is 11.8 Å². The monoisotopic (exact) mass is 440 g/mol. The number of carbonyl (C=O) groups excluding carboxylic acids is 4. The number of anilines is 1. The van der Waals surface area contributed by atoms with Gasteiger partial charge in [-0.1, -0.05) is 6.07 Å². The number of nitrogens with one attached hydrogen (secondary N) is 1. The lowest BCUT2D eigenvalue weighted by molar-refractivity contribution is -0.131. The second kappa shape index (κ2) is 9.30. The second-order valence-corrected chi connectivity index (χ2v) is 8.48. The standard InChI is InChI=1S/C22H24N4O4S/c27-19-4-1-9-26(19)17-7-5-16(6-8-17)21(29)23-15-20(28)24-10-12-25(13-11-24)22(30)18-3-2-14-31-18/h2-3,5-8,14H,1,4,9-13,15H2,(H,23,29). The number of hydrogen-bond acceptors (Lipinski definition) is 5. The van der Waals surface area contributed by atoms with Gasteiger partial charge >= 0.3 is 0 Å². The summed E-state index contributed by atoms with van der Waals surface area (Å²) in [5.41, 5.74) is 1.22. The van der Waals surface area contributed by atoms with Crippen LogP contribution < -0.4 is 10.2 Å². The molecule has 0 saturated carbocycles. The van der Waals surface area contributed by atoms with Crippen molar-refractivity contribution in [2.45, 2.75) is 12.8 Å². The molecular formula is C22H24N4O4S. The number of amides is 4. The van der Waals surface area contributed by atoms with Crippen LogP contribution in [0.25, 0.3) is 0 Å². The molecule has 2 aromatic rings.